The highest BCUT2D eigenvalue weighted by Crippen LogP contribution is 2.47. The molecule has 4 aromatic rings. The number of aromatic nitrogens is 4. The Morgan fingerprint density at radius 3 is 2.72 bits per heavy atom. The lowest BCUT2D eigenvalue weighted by molar-refractivity contribution is -0.116. The normalized spacial score (nSPS) is 17.8. The summed E-state index contributed by atoms with van der Waals surface area (Å²) in [4.78, 5) is 24.3. The molecule has 0 amide bonds. The van der Waals surface area contributed by atoms with Crippen LogP contribution in [-0.4, -0.2) is 39.5 Å². The number of allylic oxidation sites excluding steroid dienone is 2. The van der Waals surface area contributed by atoms with Crippen molar-refractivity contribution in [2.45, 2.75) is 25.2 Å². The summed E-state index contributed by atoms with van der Waals surface area (Å²) in [6.07, 6.45) is 5.21. The minimum absolute atomic E-state index is 0.0827. The molecule has 1 aliphatic carbocycles. The van der Waals surface area contributed by atoms with Gasteiger partial charge in [0.2, 0.25) is 5.88 Å². The molecule has 32 heavy (non-hydrogen) atoms. The number of carbonyl (C=O) groups is 1. The number of Topliss-reactive ketones (excluding diaryl/α,β-unsaturated/α-hetero) is 1. The average molecular weight is 427 g/mol. The van der Waals surface area contributed by atoms with Gasteiger partial charge in [-0.3, -0.25) is 4.79 Å². The fourth-order valence-corrected chi connectivity index (χ4v) is 4.49. The van der Waals surface area contributed by atoms with Gasteiger partial charge < -0.3 is 14.1 Å². The molecule has 0 N–H and O–H groups in total. The predicted octanol–water partition coefficient (Wildman–Crippen LogP) is 3.98. The van der Waals surface area contributed by atoms with Gasteiger partial charge in [-0.05, 0) is 42.8 Å². The summed E-state index contributed by atoms with van der Waals surface area (Å²) >= 11 is 0. The van der Waals surface area contributed by atoms with Crippen molar-refractivity contribution in [3.63, 3.8) is 0 Å². The first-order valence-electron chi connectivity index (χ1n) is 10.6. The van der Waals surface area contributed by atoms with Crippen molar-refractivity contribution >= 4 is 17.1 Å². The fourth-order valence-electron chi connectivity index (χ4n) is 4.49. The Bertz CT molecular complexity index is 1370. The summed E-state index contributed by atoms with van der Waals surface area (Å²) in [5.41, 5.74) is 3.95. The molecule has 8 nitrogen and oxygen atoms in total. The van der Waals surface area contributed by atoms with Crippen molar-refractivity contribution in [2.75, 3.05) is 19.0 Å². The fraction of sp³-hybridized carbons (Fsp3) is 0.250. The van der Waals surface area contributed by atoms with Gasteiger partial charge in [0.25, 0.3) is 0 Å². The molecule has 1 aliphatic heterocycles. The number of benzene rings is 1. The molecule has 2 aliphatic rings. The topological polar surface area (TPSA) is 85.8 Å². The molecular weight excluding hydrogens is 406 g/mol. The quantitative estimate of drug-likeness (QED) is 0.489. The smallest absolute Gasteiger partial charge is 0.228 e. The molecule has 0 saturated heterocycles. The lowest BCUT2D eigenvalue weighted by Gasteiger charge is -2.30. The minimum atomic E-state index is -0.416. The maximum atomic E-state index is 12.9. The van der Waals surface area contributed by atoms with Crippen molar-refractivity contribution in [1.82, 2.24) is 19.6 Å². The number of furan rings is 1. The second-order valence-electron chi connectivity index (χ2n) is 8.27. The van der Waals surface area contributed by atoms with E-state index >= 15 is 0 Å². The van der Waals surface area contributed by atoms with Gasteiger partial charge in [0.1, 0.15) is 17.8 Å². The zero-order valence-corrected chi connectivity index (χ0v) is 17.8. The van der Waals surface area contributed by atoms with E-state index in [-0.39, 0.29) is 5.78 Å². The molecule has 0 fully saturated rings. The summed E-state index contributed by atoms with van der Waals surface area (Å²) in [6, 6.07) is 11.8. The summed E-state index contributed by atoms with van der Waals surface area (Å²) in [5, 5.41) is 4.65. The molecule has 0 spiro atoms. The first-order chi connectivity index (χ1) is 15.6. The van der Waals surface area contributed by atoms with Crippen LogP contribution in [0.5, 0.6) is 5.88 Å². The lowest BCUT2D eigenvalue weighted by atomic mass is 9.80. The number of rotatable bonds is 3. The largest absolute Gasteiger partial charge is 0.468 e. The summed E-state index contributed by atoms with van der Waals surface area (Å²) in [7, 11) is 4.00. The van der Waals surface area contributed by atoms with Crippen molar-refractivity contribution in [3.8, 4) is 17.3 Å². The van der Waals surface area contributed by atoms with Gasteiger partial charge in [0.05, 0.1) is 17.7 Å². The zero-order valence-electron chi connectivity index (χ0n) is 17.8. The van der Waals surface area contributed by atoms with Crippen molar-refractivity contribution in [1.29, 1.82) is 0 Å². The average Bonchev–Trinajstić information content (AvgIpc) is 3.48. The van der Waals surface area contributed by atoms with Crippen LogP contribution in [0.25, 0.3) is 17.0 Å². The highest BCUT2D eigenvalue weighted by molar-refractivity contribution is 5.99. The number of ether oxygens (including phenoxy) is 1. The van der Waals surface area contributed by atoms with Crippen LogP contribution in [0.15, 0.2) is 64.7 Å². The second-order valence-corrected chi connectivity index (χ2v) is 8.27. The first-order valence-corrected chi connectivity index (χ1v) is 10.6. The minimum Gasteiger partial charge on any atom is -0.468 e. The van der Waals surface area contributed by atoms with Crippen LogP contribution in [0.4, 0.5) is 5.69 Å². The molecule has 0 bridgehead atoms. The van der Waals surface area contributed by atoms with Crippen molar-refractivity contribution in [3.05, 3.63) is 71.6 Å². The summed E-state index contributed by atoms with van der Waals surface area (Å²) < 4.78 is 13.5. The van der Waals surface area contributed by atoms with Crippen LogP contribution in [0.2, 0.25) is 0 Å². The maximum Gasteiger partial charge on any atom is 0.228 e. The van der Waals surface area contributed by atoms with Crippen molar-refractivity contribution < 1.29 is 13.9 Å². The van der Waals surface area contributed by atoms with E-state index in [9.17, 15) is 4.79 Å². The number of hydrogen-bond donors (Lipinski definition) is 0. The van der Waals surface area contributed by atoms with E-state index in [1.165, 1.54) is 0 Å². The molecule has 8 heteroatoms. The van der Waals surface area contributed by atoms with E-state index in [0.29, 0.717) is 52.8 Å². The molecule has 0 unspecified atom stereocenters. The van der Waals surface area contributed by atoms with E-state index in [1.807, 2.05) is 55.4 Å². The number of nitrogens with zero attached hydrogens (tertiary/aromatic N) is 5. The number of anilines is 1. The Hall–Kier alpha value is -3.94. The molecule has 0 radical (unpaired) electrons. The molecule has 1 aromatic carbocycles. The van der Waals surface area contributed by atoms with Gasteiger partial charge in [-0.15, -0.1) is 5.10 Å². The zero-order chi connectivity index (χ0) is 21.8. The van der Waals surface area contributed by atoms with Crippen LogP contribution in [0, 0.1) is 0 Å². The van der Waals surface area contributed by atoms with Gasteiger partial charge >= 0.3 is 0 Å². The highest BCUT2D eigenvalue weighted by Gasteiger charge is 2.40. The number of ketones is 1. The number of hydrogen-bond acceptors (Lipinski definition) is 7. The third-order valence-electron chi connectivity index (χ3n) is 6.06. The molecule has 3 aromatic heterocycles. The molecule has 4 heterocycles. The van der Waals surface area contributed by atoms with Crippen LogP contribution >= 0.6 is 0 Å². The predicted molar refractivity (Wildman–Crippen MR) is 118 cm³/mol. The number of carbonyl (C=O) groups excluding carboxylic acids is 1. The monoisotopic (exact) mass is 427 g/mol. The van der Waals surface area contributed by atoms with Gasteiger partial charge in [0.15, 0.2) is 17.3 Å². The Morgan fingerprint density at radius 1 is 1.12 bits per heavy atom. The van der Waals surface area contributed by atoms with E-state index in [1.54, 1.807) is 17.1 Å². The Balaban J connectivity index is 1.54. The van der Waals surface area contributed by atoms with Crippen LogP contribution in [0.3, 0.4) is 0 Å². The third kappa shape index (κ3) is 2.83. The summed E-state index contributed by atoms with van der Waals surface area (Å²) in [5.74, 6) is 2.06. The van der Waals surface area contributed by atoms with Gasteiger partial charge in [-0.2, -0.15) is 0 Å². The molecule has 160 valence electrons. The Morgan fingerprint density at radius 2 is 1.97 bits per heavy atom. The van der Waals surface area contributed by atoms with E-state index in [0.717, 1.165) is 17.7 Å². The van der Waals surface area contributed by atoms with E-state index in [4.69, 9.17) is 14.1 Å². The standard InChI is InChI=1S/C24H21N5O3/c1-28(2)15-10-8-14(9-11-15)22-26-23-21-20(17-7-4-12-31-17)19-16(30)5-3-6-18(19)32-24(21)25-13-29(23)27-22/h4,7-13,20H,3,5-6H2,1-2H3/t20-/m1/s1. The maximum absolute atomic E-state index is 12.9. The van der Waals surface area contributed by atoms with Crippen LogP contribution in [0.1, 0.15) is 36.5 Å². The molecular formula is C24H21N5O3. The van der Waals surface area contributed by atoms with Gasteiger partial charge in [0, 0.05) is 43.8 Å². The van der Waals surface area contributed by atoms with Gasteiger partial charge in [-0.25, -0.2) is 14.5 Å². The van der Waals surface area contributed by atoms with E-state index < -0.39 is 5.92 Å². The lowest BCUT2D eigenvalue weighted by Crippen LogP contribution is -2.26. The van der Waals surface area contributed by atoms with Crippen molar-refractivity contribution in [2.24, 2.45) is 0 Å². The molecule has 1 atom stereocenters. The Labute approximate surface area is 184 Å². The van der Waals surface area contributed by atoms with Crippen LogP contribution < -0.4 is 9.64 Å². The first kappa shape index (κ1) is 18.8. The highest BCUT2D eigenvalue weighted by atomic mass is 16.5. The van der Waals surface area contributed by atoms with Crippen LogP contribution in [-0.2, 0) is 4.79 Å². The summed E-state index contributed by atoms with van der Waals surface area (Å²) in [6.45, 7) is 0. The SMILES string of the molecule is CN(C)c1ccc(-c2nc3c4c(ncn3n2)OC2=C(C(=O)CCC2)[C@H]4c2ccco2)cc1. The molecule has 0 saturated carbocycles. The van der Waals surface area contributed by atoms with Gasteiger partial charge in [-0.1, -0.05) is 0 Å². The third-order valence-corrected chi connectivity index (χ3v) is 6.06. The number of fused-ring (bicyclic) bond motifs is 3. The Kier molecular flexibility index (Phi) is 4.14. The second kappa shape index (κ2) is 7.05. The van der Waals surface area contributed by atoms with E-state index in [2.05, 4.69) is 10.1 Å². The molecule has 6 rings (SSSR count).